The van der Waals surface area contributed by atoms with Crippen LogP contribution in [-0.4, -0.2) is 43.7 Å². The maximum Gasteiger partial charge on any atom is 2.00 e. The molecular weight excluding hydrogens is 276 g/mol. The van der Waals surface area contributed by atoms with Gasteiger partial charge in [-0.1, -0.05) is 90.4 Å². The average Bonchev–Trinajstić information content (AvgIpc) is 2.39. The Labute approximate surface area is 156 Å². The molecule has 0 aromatic heterocycles. The first-order valence-electron chi connectivity index (χ1n) is 8.47. The van der Waals surface area contributed by atoms with Crippen LogP contribution in [0.5, 0.6) is 0 Å². The molecule has 0 bridgehead atoms. The summed E-state index contributed by atoms with van der Waals surface area (Å²) in [5, 5.41) is 10.2. The number of carbonyl (C=O) groups is 1. The van der Waals surface area contributed by atoms with Crippen LogP contribution < -0.4 is 5.11 Å². The van der Waals surface area contributed by atoms with Crippen LogP contribution in [0.3, 0.4) is 0 Å². The number of carboxylic acids is 1. The van der Waals surface area contributed by atoms with Gasteiger partial charge in [0, 0.05) is 5.97 Å². The molecule has 114 valence electrons. The van der Waals surface area contributed by atoms with Gasteiger partial charge >= 0.3 is 37.7 Å². The molecule has 0 unspecified atom stereocenters. The fraction of sp³-hybridized carbons (Fsp3) is 0.941. The Bertz CT molecular complexity index is 195. The van der Waals surface area contributed by atoms with E-state index in [1.54, 1.807) is 0 Å². The van der Waals surface area contributed by atoms with Crippen molar-refractivity contribution < 1.29 is 9.90 Å². The fourth-order valence-electron chi connectivity index (χ4n) is 2.46. The molecule has 0 amide bonds. The molecule has 0 spiro atoms. The smallest absolute Gasteiger partial charge is 0.550 e. The van der Waals surface area contributed by atoms with Gasteiger partial charge in [-0.05, 0) is 12.8 Å². The van der Waals surface area contributed by atoms with E-state index in [4.69, 9.17) is 0 Å². The van der Waals surface area contributed by atoms with Gasteiger partial charge in [0.15, 0.2) is 0 Å². The minimum absolute atomic E-state index is 0. The molecule has 0 radical (unpaired) electrons. The molecule has 0 atom stereocenters. The molecule has 0 saturated heterocycles. The van der Waals surface area contributed by atoms with E-state index in [2.05, 4.69) is 6.92 Å². The summed E-state index contributed by atoms with van der Waals surface area (Å²) in [6.07, 6.45) is 18.4. The topological polar surface area (TPSA) is 40.1 Å². The van der Waals surface area contributed by atoms with Crippen LogP contribution in [-0.2, 0) is 4.79 Å². The second kappa shape index (κ2) is 19.7. The summed E-state index contributed by atoms with van der Waals surface area (Å²) in [6.45, 7) is 2.26. The van der Waals surface area contributed by atoms with Crippen LogP contribution in [0.4, 0.5) is 0 Å². The molecule has 0 aliphatic heterocycles. The minimum atomic E-state index is -0.904. The van der Waals surface area contributed by atoms with E-state index in [1.807, 2.05) is 0 Å². The van der Waals surface area contributed by atoms with Crippen molar-refractivity contribution >= 4 is 43.7 Å². The Kier molecular flexibility index (Phi) is 22.7. The number of carbonyl (C=O) groups excluding carboxylic acids is 1. The Morgan fingerprint density at radius 1 is 0.650 bits per heavy atom. The third kappa shape index (κ3) is 21.0. The van der Waals surface area contributed by atoms with E-state index in [9.17, 15) is 9.90 Å². The standard InChI is InChI=1S/C17H34O2.Ca/c1-2-3-4-5-6-7-8-9-10-11-12-13-14-15-16-17(18)19;/h2-16H2,1H3,(H,18,19);/q;+2/p-1. The average molecular weight is 310 g/mol. The quantitative estimate of drug-likeness (QED) is 0.335. The molecule has 3 heteroatoms. The largest absolute Gasteiger partial charge is 2.00 e. The number of unbranched alkanes of at least 4 members (excludes halogenated alkanes) is 13. The van der Waals surface area contributed by atoms with Crippen molar-refractivity contribution in [2.75, 3.05) is 0 Å². The summed E-state index contributed by atoms with van der Waals surface area (Å²) in [6, 6.07) is 0. The van der Waals surface area contributed by atoms with Gasteiger partial charge < -0.3 is 9.90 Å². The number of hydrogen-bond donors (Lipinski definition) is 0. The zero-order valence-corrected chi connectivity index (χ0v) is 15.8. The van der Waals surface area contributed by atoms with E-state index in [-0.39, 0.29) is 44.2 Å². The molecular formula is C17H33CaO2+. The molecule has 0 N–H and O–H groups in total. The first-order chi connectivity index (χ1) is 9.27. The normalized spacial score (nSPS) is 10.2. The second-order valence-corrected chi connectivity index (χ2v) is 5.72. The van der Waals surface area contributed by atoms with E-state index < -0.39 is 5.97 Å². The van der Waals surface area contributed by atoms with Crippen molar-refractivity contribution in [3.8, 4) is 0 Å². The summed E-state index contributed by atoms with van der Waals surface area (Å²) in [7, 11) is 0. The van der Waals surface area contributed by atoms with Crippen molar-refractivity contribution in [3.05, 3.63) is 0 Å². The van der Waals surface area contributed by atoms with Crippen molar-refractivity contribution in [1.82, 2.24) is 0 Å². The summed E-state index contributed by atoms with van der Waals surface area (Å²) < 4.78 is 0. The van der Waals surface area contributed by atoms with Crippen molar-refractivity contribution in [3.63, 3.8) is 0 Å². The first kappa shape index (κ1) is 23.0. The Morgan fingerprint density at radius 2 is 0.950 bits per heavy atom. The molecule has 0 fully saturated rings. The summed E-state index contributed by atoms with van der Waals surface area (Å²) >= 11 is 0. The predicted octanol–water partition coefficient (Wildman–Crippen LogP) is 4.23. The third-order valence-corrected chi connectivity index (χ3v) is 3.73. The van der Waals surface area contributed by atoms with Crippen molar-refractivity contribution in [2.24, 2.45) is 0 Å². The third-order valence-electron chi connectivity index (χ3n) is 3.73. The monoisotopic (exact) mass is 309 g/mol. The minimum Gasteiger partial charge on any atom is -0.550 e. The van der Waals surface area contributed by atoms with Gasteiger partial charge in [-0.2, -0.15) is 0 Å². The molecule has 0 rings (SSSR count). The number of hydrogen-bond acceptors (Lipinski definition) is 2. The van der Waals surface area contributed by atoms with Gasteiger partial charge in [0.05, 0.1) is 0 Å². The molecule has 0 aliphatic rings. The summed E-state index contributed by atoms with van der Waals surface area (Å²) in [5.41, 5.74) is 0. The number of carboxylic acid groups (broad SMARTS) is 1. The molecule has 0 aromatic rings. The van der Waals surface area contributed by atoms with Crippen molar-refractivity contribution in [1.29, 1.82) is 0 Å². The molecule has 2 nitrogen and oxygen atoms in total. The van der Waals surface area contributed by atoms with E-state index in [0.29, 0.717) is 0 Å². The van der Waals surface area contributed by atoms with Gasteiger partial charge in [0.25, 0.3) is 0 Å². The zero-order chi connectivity index (χ0) is 14.2. The van der Waals surface area contributed by atoms with E-state index in [0.717, 1.165) is 12.8 Å². The van der Waals surface area contributed by atoms with Crippen LogP contribution in [0.2, 0.25) is 0 Å². The summed E-state index contributed by atoms with van der Waals surface area (Å²) in [5.74, 6) is -0.904. The maximum absolute atomic E-state index is 10.2. The SMILES string of the molecule is CCCCCCCCCCCCCCCCC(=O)[O-].[Ca+2]. The molecule has 0 aromatic carbocycles. The summed E-state index contributed by atoms with van der Waals surface area (Å²) in [4.78, 5) is 10.2. The van der Waals surface area contributed by atoms with E-state index >= 15 is 0 Å². The molecule has 0 aliphatic carbocycles. The van der Waals surface area contributed by atoms with Crippen LogP contribution in [0.15, 0.2) is 0 Å². The number of rotatable bonds is 15. The van der Waals surface area contributed by atoms with Gasteiger partial charge in [-0.15, -0.1) is 0 Å². The van der Waals surface area contributed by atoms with Crippen LogP contribution in [0.25, 0.3) is 0 Å². The van der Waals surface area contributed by atoms with Crippen LogP contribution >= 0.6 is 0 Å². The van der Waals surface area contributed by atoms with E-state index in [1.165, 1.54) is 77.0 Å². The van der Waals surface area contributed by atoms with Gasteiger partial charge in [0.1, 0.15) is 0 Å². The Hall–Kier alpha value is 0.730. The van der Waals surface area contributed by atoms with Crippen molar-refractivity contribution in [2.45, 2.75) is 103 Å². The predicted molar refractivity (Wildman–Crippen MR) is 85.7 cm³/mol. The second-order valence-electron chi connectivity index (χ2n) is 5.72. The first-order valence-corrected chi connectivity index (χ1v) is 8.47. The molecule has 0 heterocycles. The van der Waals surface area contributed by atoms with Gasteiger partial charge in [0.2, 0.25) is 0 Å². The maximum atomic E-state index is 10.2. The Balaban J connectivity index is 0. The molecule has 20 heavy (non-hydrogen) atoms. The van der Waals surface area contributed by atoms with Crippen LogP contribution in [0, 0.1) is 0 Å². The number of aliphatic carboxylic acids is 1. The van der Waals surface area contributed by atoms with Gasteiger partial charge in [-0.3, -0.25) is 0 Å². The zero-order valence-electron chi connectivity index (χ0n) is 13.6. The molecule has 0 saturated carbocycles. The fourth-order valence-corrected chi connectivity index (χ4v) is 2.46. The van der Waals surface area contributed by atoms with Gasteiger partial charge in [-0.25, -0.2) is 0 Å². The van der Waals surface area contributed by atoms with Crippen LogP contribution in [0.1, 0.15) is 103 Å². The Morgan fingerprint density at radius 3 is 1.25 bits per heavy atom.